The van der Waals surface area contributed by atoms with E-state index in [1.54, 1.807) is 20.8 Å². The van der Waals surface area contributed by atoms with Crippen LogP contribution in [0.25, 0.3) is 0 Å². The van der Waals surface area contributed by atoms with Gasteiger partial charge in [-0.25, -0.2) is 9.59 Å². The summed E-state index contributed by atoms with van der Waals surface area (Å²) >= 11 is 0. The van der Waals surface area contributed by atoms with Crippen LogP contribution in [0.5, 0.6) is 0 Å². The topological polar surface area (TPSA) is 64.6 Å². The number of nitrogens with one attached hydrogen (secondary N) is 1. The lowest BCUT2D eigenvalue weighted by atomic mass is 9.99. The van der Waals surface area contributed by atoms with Crippen LogP contribution in [0.4, 0.5) is 4.79 Å². The molecule has 5 nitrogen and oxygen atoms in total. The number of carbonyl (C=O) groups excluding carboxylic acids is 2. The highest BCUT2D eigenvalue weighted by molar-refractivity contribution is 5.81. The minimum absolute atomic E-state index is 0.0502. The maximum atomic E-state index is 12.3. The molecule has 0 aliphatic heterocycles. The number of esters is 1. The molecule has 0 aliphatic rings. The minimum atomic E-state index is -0.724. The molecule has 5 heteroatoms. The molecule has 23 heavy (non-hydrogen) atoms. The van der Waals surface area contributed by atoms with Crippen LogP contribution in [0.15, 0.2) is 30.3 Å². The fraction of sp³-hybridized carbons (Fsp3) is 0.556. The Hall–Kier alpha value is -2.04. The van der Waals surface area contributed by atoms with Crippen molar-refractivity contribution in [3.63, 3.8) is 0 Å². The quantitative estimate of drug-likeness (QED) is 0.812. The van der Waals surface area contributed by atoms with Crippen LogP contribution in [-0.2, 0) is 20.9 Å². The predicted octanol–water partition coefficient (Wildman–Crippen LogP) is 3.67. The van der Waals surface area contributed by atoms with E-state index in [1.807, 2.05) is 44.2 Å². The number of amides is 1. The highest BCUT2D eigenvalue weighted by Gasteiger charge is 2.29. The van der Waals surface area contributed by atoms with Crippen LogP contribution in [0.2, 0.25) is 0 Å². The molecule has 0 aliphatic carbocycles. The molecule has 0 fully saturated rings. The molecule has 1 rings (SSSR count). The fourth-order valence-electron chi connectivity index (χ4n) is 1.92. The largest absolute Gasteiger partial charge is 0.459 e. The van der Waals surface area contributed by atoms with E-state index >= 15 is 0 Å². The Bertz CT molecular complexity index is 508. The van der Waals surface area contributed by atoms with Gasteiger partial charge in [-0.3, -0.25) is 0 Å². The van der Waals surface area contributed by atoms with Gasteiger partial charge in [-0.1, -0.05) is 50.6 Å². The second-order valence-electron chi connectivity index (χ2n) is 6.60. The number of alkyl carbamates (subject to hydrolysis) is 1. The zero-order chi connectivity index (χ0) is 17.5. The van der Waals surface area contributed by atoms with E-state index in [2.05, 4.69) is 5.32 Å². The molecule has 0 saturated carbocycles. The molecule has 0 radical (unpaired) electrons. The van der Waals surface area contributed by atoms with Crippen molar-refractivity contribution >= 4 is 12.1 Å². The summed E-state index contributed by atoms with van der Waals surface area (Å²) in [5.74, 6) is -0.500. The van der Waals surface area contributed by atoms with Gasteiger partial charge in [0, 0.05) is 0 Å². The van der Waals surface area contributed by atoms with E-state index in [-0.39, 0.29) is 12.5 Å². The van der Waals surface area contributed by atoms with E-state index < -0.39 is 23.7 Å². The van der Waals surface area contributed by atoms with E-state index in [9.17, 15) is 9.59 Å². The van der Waals surface area contributed by atoms with Crippen LogP contribution >= 0.6 is 0 Å². The summed E-state index contributed by atoms with van der Waals surface area (Å²) in [6, 6.07) is 8.71. The van der Waals surface area contributed by atoms with Crippen LogP contribution < -0.4 is 5.32 Å². The summed E-state index contributed by atoms with van der Waals surface area (Å²) in [6.45, 7) is 9.36. The molecule has 1 aromatic carbocycles. The van der Waals surface area contributed by atoms with Gasteiger partial charge in [0.25, 0.3) is 0 Å². The van der Waals surface area contributed by atoms with Gasteiger partial charge in [0.05, 0.1) is 0 Å². The molecule has 128 valence electrons. The van der Waals surface area contributed by atoms with Gasteiger partial charge in [0.15, 0.2) is 0 Å². The first-order valence-electron chi connectivity index (χ1n) is 7.93. The van der Waals surface area contributed by atoms with Crippen LogP contribution in [0.1, 0.15) is 46.6 Å². The van der Waals surface area contributed by atoms with Gasteiger partial charge >= 0.3 is 12.1 Å². The first-order valence-corrected chi connectivity index (χ1v) is 7.93. The Morgan fingerprint density at radius 2 is 1.78 bits per heavy atom. The van der Waals surface area contributed by atoms with Gasteiger partial charge in [-0.05, 0) is 32.3 Å². The molecule has 0 heterocycles. The highest BCUT2D eigenvalue weighted by Crippen LogP contribution is 2.13. The number of hydrogen-bond acceptors (Lipinski definition) is 4. The van der Waals surface area contributed by atoms with Crippen molar-refractivity contribution < 1.29 is 19.1 Å². The normalized spacial score (nSPS) is 13.8. The lowest BCUT2D eigenvalue weighted by molar-refractivity contribution is -0.149. The Labute approximate surface area is 138 Å². The molecule has 2 atom stereocenters. The predicted molar refractivity (Wildman–Crippen MR) is 88.9 cm³/mol. The number of ether oxygens (including phenoxy) is 2. The lowest BCUT2D eigenvalue weighted by Gasteiger charge is -2.25. The Balaban J connectivity index is 2.65. The SMILES string of the molecule is CCC(C)[C@H](NC(=O)OC(C)(C)C)C(=O)OCc1ccccc1. The van der Waals surface area contributed by atoms with Gasteiger partial charge in [0.1, 0.15) is 18.2 Å². The van der Waals surface area contributed by atoms with Crippen LogP contribution in [0.3, 0.4) is 0 Å². The number of hydrogen-bond donors (Lipinski definition) is 1. The maximum Gasteiger partial charge on any atom is 0.408 e. The van der Waals surface area contributed by atoms with Crippen LogP contribution in [-0.4, -0.2) is 23.7 Å². The third-order valence-electron chi connectivity index (χ3n) is 3.36. The van der Waals surface area contributed by atoms with E-state index in [0.717, 1.165) is 12.0 Å². The Kier molecular flexibility index (Phi) is 7.07. The van der Waals surface area contributed by atoms with Crippen molar-refractivity contribution in [1.82, 2.24) is 5.32 Å². The van der Waals surface area contributed by atoms with E-state index in [4.69, 9.17) is 9.47 Å². The first-order chi connectivity index (χ1) is 10.7. The average molecular weight is 321 g/mol. The van der Waals surface area contributed by atoms with Crippen molar-refractivity contribution in [2.75, 3.05) is 0 Å². The number of carbonyl (C=O) groups is 2. The monoisotopic (exact) mass is 321 g/mol. The molecular formula is C18H27NO4. The summed E-state index contributed by atoms with van der Waals surface area (Å²) < 4.78 is 10.6. The van der Waals surface area contributed by atoms with Crippen LogP contribution in [0, 0.1) is 5.92 Å². The summed E-state index contributed by atoms with van der Waals surface area (Å²) in [6.07, 6.45) is 0.125. The number of rotatable bonds is 6. The molecule has 0 saturated heterocycles. The molecule has 0 aromatic heterocycles. The van der Waals surface area contributed by atoms with E-state index in [1.165, 1.54) is 0 Å². The van der Waals surface area contributed by atoms with Crippen molar-refractivity contribution in [3.8, 4) is 0 Å². The van der Waals surface area contributed by atoms with Crippen molar-refractivity contribution in [2.45, 2.75) is 59.3 Å². The maximum absolute atomic E-state index is 12.3. The summed E-state index contributed by atoms with van der Waals surface area (Å²) in [4.78, 5) is 24.3. The van der Waals surface area contributed by atoms with Crippen molar-refractivity contribution in [3.05, 3.63) is 35.9 Å². The van der Waals surface area contributed by atoms with Gasteiger partial charge in [0.2, 0.25) is 0 Å². The third kappa shape index (κ3) is 7.17. The summed E-state index contributed by atoms with van der Waals surface area (Å²) in [5, 5.41) is 2.62. The minimum Gasteiger partial charge on any atom is -0.459 e. The van der Waals surface area contributed by atoms with Gasteiger partial charge < -0.3 is 14.8 Å². The second-order valence-corrected chi connectivity index (χ2v) is 6.60. The number of benzene rings is 1. The van der Waals surface area contributed by atoms with Gasteiger partial charge in [-0.2, -0.15) is 0 Å². The Morgan fingerprint density at radius 1 is 1.17 bits per heavy atom. The fourth-order valence-corrected chi connectivity index (χ4v) is 1.92. The lowest BCUT2D eigenvalue weighted by Crippen LogP contribution is -2.47. The average Bonchev–Trinajstić information content (AvgIpc) is 2.49. The molecule has 0 bridgehead atoms. The molecule has 1 amide bonds. The highest BCUT2D eigenvalue weighted by atomic mass is 16.6. The van der Waals surface area contributed by atoms with Crippen molar-refractivity contribution in [2.24, 2.45) is 5.92 Å². The smallest absolute Gasteiger partial charge is 0.408 e. The summed E-state index contributed by atoms with van der Waals surface area (Å²) in [7, 11) is 0. The zero-order valence-corrected chi connectivity index (χ0v) is 14.6. The molecular weight excluding hydrogens is 294 g/mol. The zero-order valence-electron chi connectivity index (χ0n) is 14.6. The molecule has 1 N–H and O–H groups in total. The van der Waals surface area contributed by atoms with Gasteiger partial charge in [-0.15, -0.1) is 0 Å². The molecule has 0 spiro atoms. The van der Waals surface area contributed by atoms with E-state index in [0.29, 0.717) is 0 Å². The molecule has 1 aromatic rings. The standard InChI is InChI=1S/C18H27NO4/c1-6-13(2)15(19-17(21)23-18(3,4)5)16(20)22-12-14-10-8-7-9-11-14/h7-11,13,15H,6,12H2,1-5H3,(H,19,21)/t13?,15-/m0/s1. The third-order valence-corrected chi connectivity index (χ3v) is 3.36. The van der Waals surface area contributed by atoms with Crippen molar-refractivity contribution in [1.29, 1.82) is 0 Å². The first kappa shape index (κ1) is 19.0. The Morgan fingerprint density at radius 3 is 2.30 bits per heavy atom. The molecule has 1 unspecified atom stereocenters. The summed E-state index contributed by atoms with van der Waals surface area (Å²) in [5.41, 5.74) is 0.291. The second kappa shape index (κ2) is 8.56.